The number of aromatic nitrogens is 2. The number of amides is 2. The average Bonchev–Trinajstić information content (AvgIpc) is 3.17. The van der Waals surface area contributed by atoms with E-state index >= 15 is 0 Å². The standard InChI is InChI=1S/C21H23Cl2N5O2/c22-18-4-3-14(8-19(18)23)12-28-6-7-30-16(13-28)11-27-21(29)26-10-15-9-25-20-17(15)2-1-5-24-20/h1-5,8-9,16H,6-7,10-13H2,(H,24,25)(H2,26,27,29). The lowest BCUT2D eigenvalue weighted by Gasteiger charge is -2.33. The van der Waals surface area contributed by atoms with Crippen LogP contribution in [0.25, 0.3) is 11.0 Å². The van der Waals surface area contributed by atoms with Gasteiger partial charge in [0.05, 0.1) is 22.8 Å². The summed E-state index contributed by atoms with van der Waals surface area (Å²) in [5.74, 6) is 0. The molecule has 1 fully saturated rings. The molecule has 0 radical (unpaired) electrons. The monoisotopic (exact) mass is 447 g/mol. The molecule has 158 valence electrons. The van der Waals surface area contributed by atoms with Crippen LogP contribution in [-0.2, 0) is 17.8 Å². The van der Waals surface area contributed by atoms with Gasteiger partial charge in [-0.25, -0.2) is 9.78 Å². The zero-order valence-electron chi connectivity index (χ0n) is 16.3. The Balaban J connectivity index is 1.23. The van der Waals surface area contributed by atoms with Crippen LogP contribution >= 0.6 is 23.2 Å². The Morgan fingerprint density at radius 3 is 3.03 bits per heavy atom. The van der Waals surface area contributed by atoms with E-state index in [0.717, 1.165) is 41.8 Å². The molecule has 0 saturated carbocycles. The van der Waals surface area contributed by atoms with E-state index < -0.39 is 0 Å². The number of fused-ring (bicyclic) bond motifs is 1. The number of ether oxygens (including phenoxy) is 1. The summed E-state index contributed by atoms with van der Waals surface area (Å²) in [6, 6.07) is 9.31. The molecular formula is C21H23Cl2N5O2. The van der Waals surface area contributed by atoms with Crippen LogP contribution in [0.15, 0.2) is 42.7 Å². The molecule has 0 aliphatic carbocycles. The number of halogens is 2. The molecule has 4 rings (SSSR count). The summed E-state index contributed by atoms with van der Waals surface area (Å²) >= 11 is 12.1. The highest BCUT2D eigenvalue weighted by molar-refractivity contribution is 6.42. The third kappa shape index (κ3) is 5.23. The number of carbonyl (C=O) groups excluding carboxylic acids is 1. The molecule has 3 heterocycles. The van der Waals surface area contributed by atoms with Gasteiger partial charge in [0.15, 0.2) is 0 Å². The summed E-state index contributed by atoms with van der Waals surface area (Å²) < 4.78 is 5.80. The Bertz CT molecular complexity index is 1030. The Hall–Kier alpha value is -2.32. The average molecular weight is 448 g/mol. The maximum Gasteiger partial charge on any atom is 0.315 e. The highest BCUT2D eigenvalue weighted by Gasteiger charge is 2.21. The van der Waals surface area contributed by atoms with Crippen molar-refractivity contribution < 1.29 is 9.53 Å². The number of H-pyrrole nitrogens is 1. The fourth-order valence-corrected chi connectivity index (χ4v) is 3.87. The SMILES string of the molecule is O=C(NCc1c[nH]c2ncccc12)NCC1CN(Cc2ccc(Cl)c(Cl)c2)CCO1. The molecule has 9 heteroatoms. The van der Waals surface area contributed by atoms with Gasteiger partial charge in [-0.2, -0.15) is 0 Å². The first-order valence-corrected chi connectivity index (χ1v) is 10.5. The van der Waals surface area contributed by atoms with E-state index in [2.05, 4.69) is 25.5 Å². The number of aromatic amines is 1. The van der Waals surface area contributed by atoms with Crippen LogP contribution in [0.1, 0.15) is 11.1 Å². The van der Waals surface area contributed by atoms with Gasteiger partial charge in [0, 0.05) is 50.5 Å². The van der Waals surface area contributed by atoms with Gasteiger partial charge in [-0.15, -0.1) is 0 Å². The lowest BCUT2D eigenvalue weighted by Crippen LogP contribution is -2.48. The molecule has 1 saturated heterocycles. The number of pyridine rings is 1. The molecule has 30 heavy (non-hydrogen) atoms. The predicted molar refractivity (Wildman–Crippen MR) is 118 cm³/mol. The number of carbonyl (C=O) groups is 1. The van der Waals surface area contributed by atoms with Crippen molar-refractivity contribution in [2.45, 2.75) is 19.2 Å². The second kappa shape index (κ2) is 9.66. The van der Waals surface area contributed by atoms with Crippen molar-refractivity contribution in [3.63, 3.8) is 0 Å². The number of rotatable bonds is 6. The number of morpholine rings is 1. The molecule has 1 unspecified atom stereocenters. The fraction of sp³-hybridized carbons (Fsp3) is 0.333. The van der Waals surface area contributed by atoms with Crippen molar-refractivity contribution in [2.24, 2.45) is 0 Å². The van der Waals surface area contributed by atoms with Crippen molar-refractivity contribution in [1.82, 2.24) is 25.5 Å². The molecule has 2 amide bonds. The lowest BCUT2D eigenvalue weighted by atomic mass is 10.2. The number of nitrogens with one attached hydrogen (secondary N) is 3. The van der Waals surface area contributed by atoms with Crippen LogP contribution in [0, 0.1) is 0 Å². The van der Waals surface area contributed by atoms with Crippen molar-refractivity contribution in [2.75, 3.05) is 26.2 Å². The molecule has 1 aliphatic heterocycles. The molecule has 0 bridgehead atoms. The maximum absolute atomic E-state index is 12.2. The Morgan fingerprint density at radius 2 is 2.17 bits per heavy atom. The summed E-state index contributed by atoms with van der Waals surface area (Å²) in [5, 5.41) is 7.90. The predicted octanol–water partition coefficient (Wildman–Crippen LogP) is 3.57. The number of nitrogens with zero attached hydrogens (tertiary/aromatic N) is 2. The van der Waals surface area contributed by atoms with Crippen LogP contribution in [0.4, 0.5) is 4.79 Å². The second-order valence-electron chi connectivity index (χ2n) is 7.25. The first kappa shape index (κ1) is 20.9. The first-order valence-electron chi connectivity index (χ1n) is 9.79. The van der Waals surface area contributed by atoms with E-state index in [9.17, 15) is 4.79 Å². The quantitative estimate of drug-likeness (QED) is 0.539. The summed E-state index contributed by atoms with van der Waals surface area (Å²) in [4.78, 5) is 21.9. The second-order valence-corrected chi connectivity index (χ2v) is 8.07. The van der Waals surface area contributed by atoms with Gasteiger partial charge in [-0.05, 0) is 35.4 Å². The molecule has 2 aromatic heterocycles. The van der Waals surface area contributed by atoms with Gasteiger partial charge in [0.2, 0.25) is 0 Å². The lowest BCUT2D eigenvalue weighted by molar-refractivity contribution is -0.0287. The molecular weight excluding hydrogens is 425 g/mol. The van der Waals surface area contributed by atoms with Crippen LogP contribution in [0.3, 0.4) is 0 Å². The van der Waals surface area contributed by atoms with Crippen LogP contribution in [-0.4, -0.2) is 53.2 Å². The van der Waals surface area contributed by atoms with Crippen molar-refractivity contribution in [3.8, 4) is 0 Å². The first-order chi connectivity index (χ1) is 14.6. The normalized spacial score (nSPS) is 17.2. The largest absolute Gasteiger partial charge is 0.374 e. The number of hydrogen-bond donors (Lipinski definition) is 3. The molecule has 1 aliphatic rings. The van der Waals surface area contributed by atoms with Gasteiger partial charge < -0.3 is 20.4 Å². The molecule has 7 nitrogen and oxygen atoms in total. The van der Waals surface area contributed by atoms with Crippen molar-refractivity contribution >= 4 is 40.3 Å². The molecule has 0 spiro atoms. The maximum atomic E-state index is 12.2. The van der Waals surface area contributed by atoms with Crippen molar-refractivity contribution in [3.05, 3.63) is 63.9 Å². The van der Waals surface area contributed by atoms with Crippen LogP contribution < -0.4 is 10.6 Å². The minimum absolute atomic E-state index is 0.0652. The highest BCUT2D eigenvalue weighted by Crippen LogP contribution is 2.23. The third-order valence-electron chi connectivity index (χ3n) is 5.08. The zero-order valence-corrected chi connectivity index (χ0v) is 17.8. The van der Waals surface area contributed by atoms with E-state index in [1.165, 1.54) is 0 Å². The highest BCUT2D eigenvalue weighted by atomic mass is 35.5. The summed E-state index contributed by atoms with van der Waals surface area (Å²) in [6.07, 6.45) is 3.53. The van der Waals surface area contributed by atoms with Gasteiger partial charge in [0.1, 0.15) is 5.65 Å². The van der Waals surface area contributed by atoms with E-state index in [1.54, 1.807) is 6.20 Å². The van der Waals surface area contributed by atoms with Gasteiger partial charge in [0.25, 0.3) is 0 Å². The minimum Gasteiger partial charge on any atom is -0.374 e. The fourth-order valence-electron chi connectivity index (χ4n) is 3.55. The molecule has 3 aromatic rings. The van der Waals surface area contributed by atoms with Gasteiger partial charge >= 0.3 is 6.03 Å². The number of urea groups is 1. The topological polar surface area (TPSA) is 82.3 Å². The van der Waals surface area contributed by atoms with E-state index in [1.807, 2.05) is 36.5 Å². The number of benzene rings is 1. The summed E-state index contributed by atoms with van der Waals surface area (Å²) in [6.45, 7) is 3.81. The minimum atomic E-state index is -0.224. The summed E-state index contributed by atoms with van der Waals surface area (Å²) in [5.41, 5.74) is 2.91. The van der Waals surface area contributed by atoms with Crippen LogP contribution in [0.2, 0.25) is 10.0 Å². The Morgan fingerprint density at radius 1 is 1.27 bits per heavy atom. The molecule has 1 atom stereocenters. The molecule has 3 N–H and O–H groups in total. The zero-order chi connectivity index (χ0) is 20.9. The van der Waals surface area contributed by atoms with Crippen LogP contribution in [0.5, 0.6) is 0 Å². The third-order valence-corrected chi connectivity index (χ3v) is 5.82. The Labute approximate surface area is 184 Å². The van der Waals surface area contributed by atoms with Gasteiger partial charge in [-0.3, -0.25) is 4.90 Å². The molecule has 1 aromatic carbocycles. The number of hydrogen-bond acceptors (Lipinski definition) is 4. The van der Waals surface area contributed by atoms with Gasteiger partial charge in [-0.1, -0.05) is 29.3 Å². The van der Waals surface area contributed by atoms with E-state index in [4.69, 9.17) is 27.9 Å². The summed E-state index contributed by atoms with van der Waals surface area (Å²) in [7, 11) is 0. The van der Waals surface area contributed by atoms with Crippen molar-refractivity contribution in [1.29, 1.82) is 0 Å². The van der Waals surface area contributed by atoms with E-state index in [-0.39, 0.29) is 12.1 Å². The Kier molecular flexibility index (Phi) is 6.74. The smallest absolute Gasteiger partial charge is 0.315 e. The van der Waals surface area contributed by atoms with E-state index in [0.29, 0.717) is 29.7 Å².